The molecule has 0 aromatic heterocycles. The fourth-order valence-corrected chi connectivity index (χ4v) is 4.80. The number of carbonyl (C=O) groups excluding carboxylic acids is 1. The van der Waals surface area contributed by atoms with Crippen LogP contribution in [0.1, 0.15) is 12.5 Å². The van der Waals surface area contributed by atoms with Gasteiger partial charge in [0.15, 0.2) is 0 Å². The Hall–Kier alpha value is -0.820. The molecule has 1 aromatic carbocycles. The summed E-state index contributed by atoms with van der Waals surface area (Å²) in [5, 5.41) is 2.12. The summed E-state index contributed by atoms with van der Waals surface area (Å²) in [5.74, 6) is 2.08. The van der Waals surface area contributed by atoms with E-state index in [-0.39, 0.29) is 15.5 Å². The van der Waals surface area contributed by atoms with Crippen LogP contribution in [0.25, 0.3) is 0 Å². The minimum absolute atomic E-state index is 0.00510. The molecule has 1 rings (SSSR count). The summed E-state index contributed by atoms with van der Waals surface area (Å²) in [4.78, 5) is 11.1. The highest BCUT2D eigenvalue weighted by molar-refractivity contribution is 8.83. The molecular weight excluding hydrogens is 280 g/mol. The van der Waals surface area contributed by atoms with Crippen molar-refractivity contribution in [2.24, 2.45) is 11.5 Å². The summed E-state index contributed by atoms with van der Waals surface area (Å²) >= 11 is 0. The second kappa shape index (κ2) is 9.14. The van der Waals surface area contributed by atoms with Crippen molar-refractivity contribution in [3.8, 4) is 5.75 Å². The Morgan fingerprint density at radius 1 is 1.37 bits per heavy atom. The molecule has 0 radical (unpaired) electrons. The Morgan fingerprint density at radius 3 is 2.74 bits per heavy atom. The SMILES string of the molecule is CC(=O)Oc1ccccc1C=S(CCN)SCCN. The normalized spacial score (nSPS) is 12.4. The quantitative estimate of drug-likeness (QED) is 0.346. The predicted molar refractivity (Wildman–Crippen MR) is 85.9 cm³/mol. The van der Waals surface area contributed by atoms with Gasteiger partial charge < -0.3 is 16.2 Å². The largest absolute Gasteiger partial charge is 0.426 e. The minimum atomic E-state index is -0.311. The van der Waals surface area contributed by atoms with Crippen LogP contribution in [-0.4, -0.2) is 35.9 Å². The number of para-hydroxylation sites is 1. The van der Waals surface area contributed by atoms with E-state index >= 15 is 0 Å². The molecule has 0 amide bonds. The molecule has 106 valence electrons. The lowest BCUT2D eigenvalue weighted by atomic mass is 10.2. The molecule has 0 bridgehead atoms. The summed E-state index contributed by atoms with van der Waals surface area (Å²) in [7, 11) is 1.79. The monoisotopic (exact) mass is 300 g/mol. The molecular formula is C13H20N2O2S2. The summed E-state index contributed by atoms with van der Waals surface area (Å²) in [6.07, 6.45) is 0. The lowest BCUT2D eigenvalue weighted by molar-refractivity contribution is -0.131. The van der Waals surface area contributed by atoms with Crippen molar-refractivity contribution in [1.29, 1.82) is 0 Å². The lowest BCUT2D eigenvalue weighted by Gasteiger charge is -2.09. The fourth-order valence-electron chi connectivity index (χ4n) is 1.39. The molecule has 4 N–H and O–H groups in total. The number of carbonyl (C=O) groups is 1. The van der Waals surface area contributed by atoms with Crippen molar-refractivity contribution >= 4 is 31.6 Å². The van der Waals surface area contributed by atoms with Crippen molar-refractivity contribution in [3.63, 3.8) is 0 Å². The van der Waals surface area contributed by atoms with Crippen LogP contribution >= 0.6 is 20.3 Å². The third-order valence-corrected chi connectivity index (χ3v) is 6.16. The van der Waals surface area contributed by atoms with Gasteiger partial charge in [0, 0.05) is 37.1 Å². The van der Waals surface area contributed by atoms with Gasteiger partial charge in [-0.3, -0.25) is 4.79 Å². The first-order chi connectivity index (χ1) is 9.17. The number of rotatable bonds is 7. The molecule has 0 fully saturated rings. The highest BCUT2D eigenvalue weighted by Gasteiger charge is 2.05. The fraction of sp³-hybridized carbons (Fsp3) is 0.385. The van der Waals surface area contributed by atoms with E-state index < -0.39 is 0 Å². The Bertz CT molecular complexity index is 450. The zero-order valence-electron chi connectivity index (χ0n) is 11.0. The van der Waals surface area contributed by atoms with E-state index in [1.165, 1.54) is 6.92 Å². The number of ether oxygens (including phenoxy) is 1. The van der Waals surface area contributed by atoms with E-state index in [4.69, 9.17) is 16.2 Å². The van der Waals surface area contributed by atoms with Gasteiger partial charge in [0.05, 0.1) is 0 Å². The summed E-state index contributed by atoms with van der Waals surface area (Å²) < 4.78 is 5.20. The van der Waals surface area contributed by atoms with Gasteiger partial charge in [-0.15, -0.1) is 9.52 Å². The first-order valence-electron chi connectivity index (χ1n) is 6.02. The van der Waals surface area contributed by atoms with Crippen LogP contribution in [0.5, 0.6) is 5.75 Å². The highest BCUT2D eigenvalue weighted by atomic mass is 33.1. The van der Waals surface area contributed by atoms with Crippen molar-refractivity contribution in [3.05, 3.63) is 29.8 Å². The topological polar surface area (TPSA) is 78.3 Å². The van der Waals surface area contributed by atoms with Crippen molar-refractivity contribution in [2.75, 3.05) is 24.6 Å². The van der Waals surface area contributed by atoms with E-state index in [1.54, 1.807) is 16.9 Å². The van der Waals surface area contributed by atoms with Crippen LogP contribution in [0.15, 0.2) is 24.3 Å². The molecule has 6 heteroatoms. The Morgan fingerprint density at radius 2 is 2.11 bits per heavy atom. The van der Waals surface area contributed by atoms with Crippen LogP contribution in [0.4, 0.5) is 0 Å². The summed E-state index contributed by atoms with van der Waals surface area (Å²) in [5.41, 5.74) is 12.1. The number of benzene rings is 1. The summed E-state index contributed by atoms with van der Waals surface area (Å²) in [6.45, 7) is 2.69. The van der Waals surface area contributed by atoms with Gasteiger partial charge in [0.1, 0.15) is 5.75 Å². The first-order valence-corrected chi connectivity index (χ1v) is 8.98. The van der Waals surface area contributed by atoms with Gasteiger partial charge in [-0.25, -0.2) is 0 Å². The van der Waals surface area contributed by atoms with Crippen LogP contribution in [0.2, 0.25) is 0 Å². The molecule has 1 unspecified atom stereocenters. The number of nitrogens with two attached hydrogens (primary N) is 2. The molecule has 1 aromatic rings. The number of hydrogen-bond acceptors (Lipinski definition) is 5. The van der Waals surface area contributed by atoms with Crippen LogP contribution in [-0.2, 0) is 4.79 Å². The van der Waals surface area contributed by atoms with E-state index in [0.717, 1.165) is 17.1 Å². The lowest BCUT2D eigenvalue weighted by Crippen LogP contribution is -2.06. The molecule has 19 heavy (non-hydrogen) atoms. The minimum Gasteiger partial charge on any atom is -0.426 e. The zero-order chi connectivity index (χ0) is 14.1. The molecule has 0 aliphatic carbocycles. The van der Waals surface area contributed by atoms with Crippen molar-refractivity contribution < 1.29 is 9.53 Å². The second-order valence-corrected chi connectivity index (χ2v) is 7.77. The number of esters is 1. The van der Waals surface area contributed by atoms with E-state index in [0.29, 0.717) is 18.8 Å². The highest BCUT2D eigenvalue weighted by Crippen LogP contribution is 2.31. The van der Waals surface area contributed by atoms with Crippen LogP contribution in [0.3, 0.4) is 0 Å². The summed E-state index contributed by atoms with van der Waals surface area (Å²) in [6, 6.07) is 7.52. The third kappa shape index (κ3) is 6.24. The maximum absolute atomic E-state index is 11.1. The molecule has 0 aliphatic heterocycles. The maximum Gasteiger partial charge on any atom is 0.308 e. The molecule has 0 saturated carbocycles. The van der Waals surface area contributed by atoms with Gasteiger partial charge in [0.25, 0.3) is 0 Å². The van der Waals surface area contributed by atoms with Crippen LogP contribution in [0, 0.1) is 0 Å². The van der Waals surface area contributed by atoms with Gasteiger partial charge >= 0.3 is 5.97 Å². The van der Waals surface area contributed by atoms with Gasteiger partial charge in [-0.2, -0.15) is 0 Å². The molecule has 0 spiro atoms. The Kier molecular flexibility index (Phi) is 7.81. The predicted octanol–water partition coefficient (Wildman–Crippen LogP) is 1.60. The first kappa shape index (κ1) is 16.2. The van der Waals surface area contributed by atoms with Gasteiger partial charge in [0.2, 0.25) is 0 Å². The Balaban J connectivity index is 2.94. The molecule has 0 saturated heterocycles. The smallest absolute Gasteiger partial charge is 0.308 e. The van der Waals surface area contributed by atoms with Crippen molar-refractivity contribution in [2.45, 2.75) is 6.92 Å². The molecule has 4 nitrogen and oxygen atoms in total. The zero-order valence-corrected chi connectivity index (χ0v) is 12.6. The average molecular weight is 300 g/mol. The van der Waals surface area contributed by atoms with Gasteiger partial charge in [-0.1, -0.05) is 29.0 Å². The Labute approximate surface area is 120 Å². The van der Waals surface area contributed by atoms with Gasteiger partial charge in [-0.05, 0) is 11.4 Å². The van der Waals surface area contributed by atoms with E-state index in [1.807, 2.05) is 18.2 Å². The standard InChI is InChI=1S/C13H20N2O2S2/c1-11(16)17-13-5-3-2-4-12(13)10-19(9-7-15)18-8-6-14/h2-5,10H,6-9,14-15H2,1H3. The maximum atomic E-state index is 11.1. The molecule has 0 heterocycles. The molecule has 1 atom stereocenters. The van der Waals surface area contributed by atoms with Crippen molar-refractivity contribution in [1.82, 2.24) is 0 Å². The van der Waals surface area contributed by atoms with E-state index in [2.05, 4.69) is 5.37 Å². The second-order valence-electron chi connectivity index (χ2n) is 3.73. The van der Waals surface area contributed by atoms with Crippen LogP contribution < -0.4 is 16.2 Å². The number of hydrogen-bond donors (Lipinski definition) is 2. The molecule has 0 aliphatic rings. The van der Waals surface area contributed by atoms with E-state index in [9.17, 15) is 4.79 Å². The average Bonchev–Trinajstić information content (AvgIpc) is 2.38. The third-order valence-electron chi connectivity index (χ3n) is 2.10.